The highest BCUT2D eigenvalue weighted by molar-refractivity contribution is 7.98. The molecule has 0 unspecified atom stereocenters. The van der Waals surface area contributed by atoms with E-state index in [1.54, 1.807) is 11.8 Å². The molecule has 0 radical (unpaired) electrons. The summed E-state index contributed by atoms with van der Waals surface area (Å²) in [5.74, 6) is 0. The molecule has 0 saturated heterocycles. The van der Waals surface area contributed by atoms with Crippen LogP contribution in [0, 0.1) is 0 Å². The molecule has 0 aliphatic heterocycles. The van der Waals surface area contributed by atoms with E-state index in [0.717, 1.165) is 16.8 Å². The minimum atomic E-state index is 0.523. The number of para-hydroxylation sites is 1. The van der Waals surface area contributed by atoms with Gasteiger partial charge in [-0.15, -0.1) is 11.8 Å². The molecule has 1 heterocycles. The summed E-state index contributed by atoms with van der Waals surface area (Å²) in [5, 5.41) is 3.15. The molecule has 1 N–H and O–H groups in total. The number of hydrogen-bond donors (Lipinski definition) is 1. The Hall–Kier alpha value is -1.94. The Morgan fingerprint density at radius 3 is 2.72 bits per heavy atom. The maximum atomic E-state index is 5.64. The van der Waals surface area contributed by atoms with E-state index in [0.29, 0.717) is 6.01 Å². The molecular formula is C14H12N2OS. The Kier molecular flexibility index (Phi) is 2.94. The van der Waals surface area contributed by atoms with Gasteiger partial charge in [-0.3, -0.25) is 0 Å². The summed E-state index contributed by atoms with van der Waals surface area (Å²) in [4.78, 5) is 5.61. The van der Waals surface area contributed by atoms with Crippen LogP contribution in [0.5, 0.6) is 0 Å². The average molecular weight is 256 g/mol. The van der Waals surface area contributed by atoms with Gasteiger partial charge in [0.2, 0.25) is 0 Å². The fraction of sp³-hybridized carbons (Fsp3) is 0.0714. The first kappa shape index (κ1) is 11.2. The topological polar surface area (TPSA) is 38.1 Å². The summed E-state index contributed by atoms with van der Waals surface area (Å²) < 4.78 is 5.64. The SMILES string of the molecule is CSc1ccc2oc(Nc3ccccc3)nc2c1. The van der Waals surface area contributed by atoms with Gasteiger partial charge < -0.3 is 9.73 Å². The van der Waals surface area contributed by atoms with E-state index in [1.165, 1.54) is 4.90 Å². The molecule has 0 saturated carbocycles. The lowest BCUT2D eigenvalue weighted by Gasteiger charge is -1.98. The van der Waals surface area contributed by atoms with E-state index in [1.807, 2.05) is 54.8 Å². The molecule has 4 heteroatoms. The first-order chi connectivity index (χ1) is 8.85. The normalized spacial score (nSPS) is 10.7. The zero-order chi connectivity index (χ0) is 12.4. The van der Waals surface area contributed by atoms with Crippen LogP contribution in [0.3, 0.4) is 0 Å². The summed E-state index contributed by atoms with van der Waals surface area (Å²) >= 11 is 1.69. The Morgan fingerprint density at radius 2 is 1.94 bits per heavy atom. The second-order valence-electron chi connectivity index (χ2n) is 3.84. The van der Waals surface area contributed by atoms with Gasteiger partial charge in [-0.1, -0.05) is 18.2 Å². The van der Waals surface area contributed by atoms with E-state index >= 15 is 0 Å². The van der Waals surface area contributed by atoms with Gasteiger partial charge in [0.15, 0.2) is 5.58 Å². The van der Waals surface area contributed by atoms with Crippen molar-refractivity contribution in [2.24, 2.45) is 0 Å². The van der Waals surface area contributed by atoms with Crippen molar-refractivity contribution in [3.8, 4) is 0 Å². The van der Waals surface area contributed by atoms with E-state index < -0.39 is 0 Å². The van der Waals surface area contributed by atoms with Crippen LogP contribution in [-0.4, -0.2) is 11.2 Å². The summed E-state index contributed by atoms with van der Waals surface area (Å²) in [6.45, 7) is 0. The number of benzene rings is 2. The van der Waals surface area contributed by atoms with Crippen LogP contribution in [-0.2, 0) is 0 Å². The number of anilines is 2. The highest BCUT2D eigenvalue weighted by Crippen LogP contribution is 2.25. The molecular weight excluding hydrogens is 244 g/mol. The number of nitrogens with zero attached hydrogens (tertiary/aromatic N) is 1. The lowest BCUT2D eigenvalue weighted by molar-refractivity contribution is 0.623. The molecule has 1 aromatic heterocycles. The van der Waals surface area contributed by atoms with Crippen molar-refractivity contribution in [2.75, 3.05) is 11.6 Å². The lowest BCUT2D eigenvalue weighted by Crippen LogP contribution is -1.88. The summed E-state index contributed by atoms with van der Waals surface area (Å²) in [6.07, 6.45) is 2.05. The summed E-state index contributed by atoms with van der Waals surface area (Å²) in [5.41, 5.74) is 2.64. The third kappa shape index (κ3) is 2.19. The lowest BCUT2D eigenvalue weighted by atomic mass is 10.3. The predicted octanol–water partition coefficient (Wildman–Crippen LogP) is 4.29. The van der Waals surface area contributed by atoms with Crippen molar-refractivity contribution in [2.45, 2.75) is 4.90 Å². The standard InChI is InChI=1S/C14H12N2OS/c1-18-11-7-8-13-12(9-11)16-14(17-13)15-10-5-3-2-4-6-10/h2-9H,1H3,(H,15,16). The number of fused-ring (bicyclic) bond motifs is 1. The number of oxazole rings is 1. The van der Waals surface area contributed by atoms with E-state index in [9.17, 15) is 0 Å². The number of hydrogen-bond acceptors (Lipinski definition) is 4. The van der Waals surface area contributed by atoms with Crippen LogP contribution in [0.25, 0.3) is 11.1 Å². The molecule has 0 amide bonds. The van der Waals surface area contributed by atoms with Crippen molar-refractivity contribution >= 4 is 34.6 Å². The smallest absolute Gasteiger partial charge is 0.300 e. The Bertz CT molecular complexity index is 664. The van der Waals surface area contributed by atoms with Crippen molar-refractivity contribution in [3.05, 3.63) is 48.5 Å². The van der Waals surface area contributed by atoms with Crippen molar-refractivity contribution in [1.29, 1.82) is 0 Å². The molecule has 3 rings (SSSR count). The minimum Gasteiger partial charge on any atom is -0.423 e. The third-order valence-corrected chi connectivity index (χ3v) is 3.35. The molecule has 0 bridgehead atoms. The van der Waals surface area contributed by atoms with Gasteiger partial charge in [0.1, 0.15) is 5.52 Å². The van der Waals surface area contributed by atoms with Crippen LogP contribution >= 0.6 is 11.8 Å². The van der Waals surface area contributed by atoms with Gasteiger partial charge in [0.25, 0.3) is 6.01 Å². The molecule has 0 aliphatic carbocycles. The highest BCUT2D eigenvalue weighted by Gasteiger charge is 2.06. The first-order valence-corrected chi connectivity index (χ1v) is 6.84. The van der Waals surface area contributed by atoms with E-state index in [4.69, 9.17) is 4.42 Å². The van der Waals surface area contributed by atoms with E-state index in [-0.39, 0.29) is 0 Å². The molecule has 3 aromatic rings. The number of nitrogens with one attached hydrogen (secondary N) is 1. The van der Waals surface area contributed by atoms with Gasteiger partial charge in [-0.25, -0.2) is 0 Å². The largest absolute Gasteiger partial charge is 0.423 e. The fourth-order valence-corrected chi connectivity index (χ4v) is 2.17. The minimum absolute atomic E-state index is 0.523. The molecule has 0 atom stereocenters. The second-order valence-corrected chi connectivity index (χ2v) is 4.72. The van der Waals surface area contributed by atoms with Gasteiger partial charge in [-0.2, -0.15) is 4.98 Å². The van der Waals surface area contributed by atoms with Gasteiger partial charge in [-0.05, 0) is 36.6 Å². The number of aromatic nitrogens is 1. The Labute approximate surface area is 109 Å². The molecule has 3 nitrogen and oxygen atoms in total. The fourth-order valence-electron chi connectivity index (χ4n) is 1.73. The first-order valence-electron chi connectivity index (χ1n) is 5.62. The van der Waals surface area contributed by atoms with Gasteiger partial charge in [0, 0.05) is 10.6 Å². The van der Waals surface area contributed by atoms with Crippen LogP contribution in [0.4, 0.5) is 11.7 Å². The average Bonchev–Trinajstić information content (AvgIpc) is 2.80. The number of thioether (sulfide) groups is 1. The van der Waals surface area contributed by atoms with E-state index in [2.05, 4.69) is 10.3 Å². The highest BCUT2D eigenvalue weighted by atomic mass is 32.2. The summed E-state index contributed by atoms with van der Waals surface area (Å²) in [6, 6.07) is 16.4. The maximum absolute atomic E-state index is 5.64. The van der Waals surface area contributed by atoms with Crippen molar-refractivity contribution < 1.29 is 4.42 Å². The molecule has 0 aliphatic rings. The molecule has 90 valence electrons. The summed E-state index contributed by atoms with van der Waals surface area (Å²) in [7, 11) is 0. The second kappa shape index (κ2) is 4.74. The predicted molar refractivity (Wildman–Crippen MR) is 75.5 cm³/mol. The molecule has 0 spiro atoms. The zero-order valence-corrected chi connectivity index (χ0v) is 10.7. The van der Waals surface area contributed by atoms with Crippen LogP contribution < -0.4 is 5.32 Å². The van der Waals surface area contributed by atoms with Crippen LogP contribution in [0.1, 0.15) is 0 Å². The molecule has 2 aromatic carbocycles. The molecule has 0 fully saturated rings. The van der Waals surface area contributed by atoms with Crippen molar-refractivity contribution in [3.63, 3.8) is 0 Å². The maximum Gasteiger partial charge on any atom is 0.300 e. The van der Waals surface area contributed by atoms with Crippen molar-refractivity contribution in [1.82, 2.24) is 4.98 Å². The van der Waals surface area contributed by atoms with Gasteiger partial charge in [0.05, 0.1) is 0 Å². The molecule has 18 heavy (non-hydrogen) atoms. The Balaban J connectivity index is 1.94. The quantitative estimate of drug-likeness (QED) is 0.709. The number of rotatable bonds is 3. The van der Waals surface area contributed by atoms with Crippen LogP contribution in [0.2, 0.25) is 0 Å². The van der Waals surface area contributed by atoms with Crippen LogP contribution in [0.15, 0.2) is 57.8 Å². The Morgan fingerprint density at radius 1 is 1.11 bits per heavy atom. The zero-order valence-electron chi connectivity index (χ0n) is 9.88. The third-order valence-electron chi connectivity index (χ3n) is 2.62. The van der Waals surface area contributed by atoms with Gasteiger partial charge >= 0.3 is 0 Å². The monoisotopic (exact) mass is 256 g/mol.